The summed E-state index contributed by atoms with van der Waals surface area (Å²) in [5, 5.41) is 3.41. The van der Waals surface area contributed by atoms with Crippen LogP contribution in [0.4, 0.5) is 5.69 Å². The molecule has 0 radical (unpaired) electrons. The van der Waals surface area contributed by atoms with Crippen LogP contribution in [-0.2, 0) is 14.3 Å². The number of nitrogens with one attached hydrogen (secondary N) is 1. The van der Waals surface area contributed by atoms with E-state index in [0.717, 1.165) is 6.42 Å². The second-order valence-electron chi connectivity index (χ2n) is 4.63. The quantitative estimate of drug-likeness (QED) is 0.869. The van der Waals surface area contributed by atoms with Gasteiger partial charge in [0.2, 0.25) is 0 Å². The molecule has 1 aromatic rings. The Morgan fingerprint density at radius 3 is 2.42 bits per heavy atom. The summed E-state index contributed by atoms with van der Waals surface area (Å²) in [5.74, 6) is -0.414. The third-order valence-corrected chi connectivity index (χ3v) is 3.34. The van der Waals surface area contributed by atoms with Crippen molar-refractivity contribution in [2.45, 2.75) is 13.3 Å². The number of carbonyl (C=O) groups is 2. The minimum Gasteiger partial charge on any atom is -0.455 e. The first-order chi connectivity index (χ1) is 8.95. The zero-order valence-electron chi connectivity index (χ0n) is 10.3. The second kappa shape index (κ2) is 5.80. The maximum atomic E-state index is 11.6. The van der Waals surface area contributed by atoms with Gasteiger partial charge in [0.05, 0.1) is 5.92 Å². The van der Waals surface area contributed by atoms with E-state index in [1.165, 1.54) is 0 Å². The molecule has 2 rings (SSSR count). The Bertz CT molecular complexity index is 498. The van der Waals surface area contributed by atoms with Gasteiger partial charge < -0.3 is 10.1 Å². The van der Waals surface area contributed by atoms with Crippen molar-refractivity contribution in [1.29, 1.82) is 0 Å². The summed E-state index contributed by atoms with van der Waals surface area (Å²) < 4.78 is 4.91. The lowest BCUT2D eigenvalue weighted by atomic mass is 10.3. The molecule has 1 aliphatic rings. The summed E-state index contributed by atoms with van der Waals surface area (Å²) in [6.45, 7) is 1.67. The Labute approximate surface area is 121 Å². The number of esters is 1. The molecule has 0 spiro atoms. The first-order valence-corrected chi connectivity index (χ1v) is 6.64. The van der Waals surface area contributed by atoms with E-state index in [4.69, 9.17) is 27.9 Å². The third kappa shape index (κ3) is 4.11. The highest BCUT2D eigenvalue weighted by Crippen LogP contribution is 2.38. The van der Waals surface area contributed by atoms with Crippen LogP contribution in [0, 0.1) is 11.8 Å². The lowest BCUT2D eigenvalue weighted by molar-refractivity contribution is -0.148. The number of carbonyl (C=O) groups excluding carboxylic acids is 2. The Kier molecular flexibility index (Phi) is 4.32. The second-order valence-corrected chi connectivity index (χ2v) is 5.51. The monoisotopic (exact) mass is 301 g/mol. The molecular formula is C13H13Cl2NO3. The van der Waals surface area contributed by atoms with Crippen molar-refractivity contribution >= 4 is 40.8 Å². The molecule has 0 heterocycles. The molecule has 2 atom stereocenters. The summed E-state index contributed by atoms with van der Waals surface area (Å²) in [6.07, 6.45) is 0.838. The van der Waals surface area contributed by atoms with Gasteiger partial charge in [-0.15, -0.1) is 0 Å². The van der Waals surface area contributed by atoms with E-state index in [-0.39, 0.29) is 18.5 Å². The molecule has 1 N–H and O–H groups in total. The number of halogens is 2. The molecule has 0 saturated heterocycles. The molecule has 1 saturated carbocycles. The minimum atomic E-state index is -0.417. The van der Waals surface area contributed by atoms with Gasteiger partial charge in [0.25, 0.3) is 5.91 Å². The van der Waals surface area contributed by atoms with Crippen molar-refractivity contribution in [2.24, 2.45) is 11.8 Å². The van der Waals surface area contributed by atoms with E-state index in [1.54, 1.807) is 18.2 Å². The summed E-state index contributed by atoms with van der Waals surface area (Å²) in [4.78, 5) is 23.0. The normalized spacial score (nSPS) is 20.8. The maximum Gasteiger partial charge on any atom is 0.309 e. The Morgan fingerprint density at radius 1 is 1.32 bits per heavy atom. The van der Waals surface area contributed by atoms with Crippen molar-refractivity contribution in [2.75, 3.05) is 11.9 Å². The van der Waals surface area contributed by atoms with Gasteiger partial charge in [-0.25, -0.2) is 0 Å². The van der Waals surface area contributed by atoms with Crippen molar-refractivity contribution in [3.8, 4) is 0 Å². The molecule has 0 aliphatic heterocycles. The van der Waals surface area contributed by atoms with Crippen molar-refractivity contribution < 1.29 is 14.3 Å². The first kappa shape index (κ1) is 14.2. The Hall–Kier alpha value is -1.26. The van der Waals surface area contributed by atoms with Gasteiger partial charge in [-0.3, -0.25) is 9.59 Å². The topological polar surface area (TPSA) is 55.4 Å². The molecule has 1 aliphatic carbocycles. The third-order valence-electron chi connectivity index (χ3n) is 2.90. The van der Waals surface area contributed by atoms with Crippen LogP contribution in [0.2, 0.25) is 10.0 Å². The number of hydrogen-bond acceptors (Lipinski definition) is 3. The van der Waals surface area contributed by atoms with Gasteiger partial charge >= 0.3 is 5.97 Å². The Balaban J connectivity index is 1.82. The molecule has 4 nitrogen and oxygen atoms in total. The van der Waals surface area contributed by atoms with Gasteiger partial charge in [-0.05, 0) is 30.5 Å². The number of anilines is 1. The van der Waals surface area contributed by atoms with Crippen LogP contribution < -0.4 is 5.32 Å². The minimum absolute atomic E-state index is 0.0478. The van der Waals surface area contributed by atoms with Crippen LogP contribution in [-0.4, -0.2) is 18.5 Å². The van der Waals surface area contributed by atoms with Crippen LogP contribution in [0.1, 0.15) is 13.3 Å². The zero-order valence-corrected chi connectivity index (χ0v) is 11.8. The molecule has 1 amide bonds. The van der Waals surface area contributed by atoms with Crippen molar-refractivity contribution in [3.05, 3.63) is 28.2 Å². The van der Waals surface area contributed by atoms with Crippen LogP contribution in [0.5, 0.6) is 0 Å². The van der Waals surface area contributed by atoms with Crippen LogP contribution in [0.15, 0.2) is 18.2 Å². The fraction of sp³-hybridized carbons (Fsp3) is 0.385. The van der Waals surface area contributed by atoms with Crippen LogP contribution in [0.3, 0.4) is 0 Å². The predicted molar refractivity (Wildman–Crippen MR) is 73.3 cm³/mol. The summed E-state index contributed by atoms with van der Waals surface area (Å²) in [7, 11) is 0. The van der Waals surface area contributed by atoms with Gasteiger partial charge in [0, 0.05) is 15.7 Å². The number of benzene rings is 1. The lowest BCUT2D eigenvalue weighted by Gasteiger charge is -2.07. The zero-order chi connectivity index (χ0) is 14.0. The molecule has 0 unspecified atom stereocenters. The van der Waals surface area contributed by atoms with E-state index in [2.05, 4.69) is 5.32 Å². The number of rotatable bonds is 4. The predicted octanol–water partition coefficient (Wildman–Crippen LogP) is 3.13. The highest BCUT2D eigenvalue weighted by Gasteiger charge is 2.40. The average Bonchev–Trinajstić information content (AvgIpc) is 3.02. The fourth-order valence-electron chi connectivity index (χ4n) is 1.72. The van der Waals surface area contributed by atoms with Crippen LogP contribution in [0.25, 0.3) is 0 Å². The SMILES string of the molecule is C[C@H]1C[C@H]1C(=O)OCC(=O)Nc1cc(Cl)cc(Cl)c1. The summed E-state index contributed by atoms with van der Waals surface area (Å²) >= 11 is 11.6. The number of hydrogen-bond donors (Lipinski definition) is 1. The molecule has 0 aromatic heterocycles. The summed E-state index contributed by atoms with van der Waals surface area (Å²) in [6, 6.07) is 4.69. The van der Waals surface area contributed by atoms with E-state index in [1.807, 2.05) is 6.92 Å². The van der Waals surface area contributed by atoms with E-state index < -0.39 is 5.91 Å². The fourth-order valence-corrected chi connectivity index (χ4v) is 2.24. The van der Waals surface area contributed by atoms with Gasteiger partial charge in [-0.1, -0.05) is 30.1 Å². The Morgan fingerprint density at radius 2 is 1.89 bits per heavy atom. The standard InChI is InChI=1S/C13H13Cl2NO3/c1-7-2-11(7)13(18)19-6-12(17)16-10-4-8(14)3-9(15)5-10/h3-5,7,11H,2,6H2,1H3,(H,16,17)/t7-,11+/m0/s1. The van der Waals surface area contributed by atoms with E-state index in [9.17, 15) is 9.59 Å². The van der Waals surface area contributed by atoms with Gasteiger partial charge in [0.1, 0.15) is 0 Å². The van der Waals surface area contributed by atoms with E-state index >= 15 is 0 Å². The number of amides is 1. The molecule has 1 aromatic carbocycles. The average molecular weight is 302 g/mol. The lowest BCUT2D eigenvalue weighted by Crippen LogP contribution is -2.21. The molecule has 6 heteroatoms. The highest BCUT2D eigenvalue weighted by atomic mass is 35.5. The maximum absolute atomic E-state index is 11.6. The van der Waals surface area contributed by atoms with Gasteiger partial charge in [0.15, 0.2) is 6.61 Å². The smallest absolute Gasteiger partial charge is 0.309 e. The largest absolute Gasteiger partial charge is 0.455 e. The van der Waals surface area contributed by atoms with Crippen molar-refractivity contribution in [1.82, 2.24) is 0 Å². The molecule has 102 valence electrons. The number of ether oxygens (including phenoxy) is 1. The first-order valence-electron chi connectivity index (χ1n) is 5.88. The van der Waals surface area contributed by atoms with E-state index in [0.29, 0.717) is 21.7 Å². The molecule has 19 heavy (non-hydrogen) atoms. The van der Waals surface area contributed by atoms with Crippen molar-refractivity contribution in [3.63, 3.8) is 0 Å². The van der Waals surface area contributed by atoms with Crippen LogP contribution >= 0.6 is 23.2 Å². The highest BCUT2D eigenvalue weighted by molar-refractivity contribution is 6.35. The molecular weight excluding hydrogens is 289 g/mol. The van der Waals surface area contributed by atoms with Gasteiger partial charge in [-0.2, -0.15) is 0 Å². The summed E-state index contributed by atoms with van der Waals surface area (Å²) in [5.41, 5.74) is 0.471. The molecule has 0 bridgehead atoms. The molecule has 1 fully saturated rings.